The molecule has 0 aromatic heterocycles. The van der Waals surface area contributed by atoms with E-state index < -0.39 is 78.2 Å². The lowest BCUT2D eigenvalue weighted by molar-refractivity contribution is -0.439. The highest BCUT2D eigenvalue weighted by Crippen LogP contribution is 2.60. The number of hydrogen-bond donors (Lipinski definition) is 0. The van der Waals surface area contributed by atoms with Crippen molar-refractivity contribution in [1.82, 2.24) is 0 Å². The smallest absolute Gasteiger partial charge is 0.460 e. The van der Waals surface area contributed by atoms with Crippen LogP contribution in [0.15, 0.2) is 0 Å². The van der Waals surface area contributed by atoms with Crippen molar-refractivity contribution in [2.24, 2.45) is 0 Å². The lowest BCUT2D eigenvalue weighted by atomic mass is 9.93. The molecule has 0 heterocycles. The average molecular weight is 523 g/mol. The standard InChI is InChI=1S/C14H13F13O4S/c1-6(8(29)30)31-7(28)2-4-32-5-3-9(15,16)10(17,18)11(19,20)12(21,22)13(23,24)14(25,26)27/h6H,2-5H2,1H3,(H,29,30)/p-1. The first kappa shape index (κ1) is 30.4. The fraction of sp³-hybridized carbons (Fsp3) is 0.857. The second-order valence-corrected chi connectivity index (χ2v) is 7.29. The van der Waals surface area contributed by atoms with Crippen molar-refractivity contribution in [2.45, 2.75) is 61.7 Å². The molecule has 18 heteroatoms. The molecule has 0 saturated heterocycles. The Morgan fingerprint density at radius 1 is 0.781 bits per heavy atom. The first-order valence-electron chi connectivity index (χ1n) is 7.91. The summed E-state index contributed by atoms with van der Waals surface area (Å²) in [6.07, 6.45) is -12.3. The van der Waals surface area contributed by atoms with Crippen LogP contribution in [0.5, 0.6) is 0 Å². The Hall–Kier alpha value is -1.62. The Labute approximate surface area is 174 Å². The van der Waals surface area contributed by atoms with Crippen molar-refractivity contribution < 1.29 is 76.5 Å². The lowest BCUT2D eigenvalue weighted by Gasteiger charge is -2.39. The van der Waals surface area contributed by atoms with Gasteiger partial charge in [-0.05, 0) is 12.7 Å². The number of carboxylic acids is 1. The number of alkyl halides is 13. The predicted molar refractivity (Wildman–Crippen MR) is 77.9 cm³/mol. The minimum Gasteiger partial charge on any atom is -0.546 e. The van der Waals surface area contributed by atoms with Gasteiger partial charge in [-0.15, -0.1) is 0 Å². The number of carbonyl (C=O) groups excluding carboxylic acids is 2. The number of halogens is 13. The van der Waals surface area contributed by atoms with Gasteiger partial charge in [0.05, 0.1) is 12.4 Å². The SMILES string of the molecule is CC(OC(=O)CCSCCC(F)(F)C(F)(F)C(F)(F)C(F)(F)C(F)(F)C(F)(F)F)C(=O)[O-]. The fourth-order valence-electron chi connectivity index (χ4n) is 1.72. The monoisotopic (exact) mass is 523 g/mol. The molecule has 0 spiro atoms. The van der Waals surface area contributed by atoms with Crippen LogP contribution in [0.1, 0.15) is 19.8 Å². The lowest BCUT2D eigenvalue weighted by Crippen LogP contribution is -2.70. The van der Waals surface area contributed by atoms with Crippen molar-refractivity contribution in [3.8, 4) is 0 Å². The molecule has 0 aliphatic heterocycles. The fourth-order valence-corrected chi connectivity index (χ4v) is 2.64. The maximum absolute atomic E-state index is 13.5. The third-order valence-electron chi connectivity index (χ3n) is 3.65. The van der Waals surface area contributed by atoms with E-state index in [1.165, 1.54) is 0 Å². The normalized spacial score (nSPS) is 15.4. The molecule has 0 aromatic carbocycles. The van der Waals surface area contributed by atoms with Crippen LogP contribution < -0.4 is 5.11 Å². The third-order valence-corrected chi connectivity index (χ3v) is 4.64. The first-order valence-corrected chi connectivity index (χ1v) is 9.06. The molecular weight excluding hydrogens is 511 g/mol. The van der Waals surface area contributed by atoms with E-state index in [-0.39, 0.29) is 11.8 Å². The Balaban J connectivity index is 5.22. The summed E-state index contributed by atoms with van der Waals surface area (Å²) in [5.41, 5.74) is 0. The van der Waals surface area contributed by atoms with Crippen LogP contribution in [0.2, 0.25) is 0 Å². The maximum atomic E-state index is 13.5. The van der Waals surface area contributed by atoms with E-state index in [1.54, 1.807) is 0 Å². The average Bonchev–Trinajstić information content (AvgIpc) is 2.59. The second kappa shape index (κ2) is 9.70. The van der Waals surface area contributed by atoms with E-state index in [2.05, 4.69) is 4.74 Å². The second-order valence-electron chi connectivity index (χ2n) is 6.06. The number of esters is 1. The summed E-state index contributed by atoms with van der Waals surface area (Å²) in [6.45, 7) is 0.876. The van der Waals surface area contributed by atoms with Gasteiger partial charge in [0, 0.05) is 12.2 Å². The molecule has 0 bridgehead atoms. The number of ether oxygens (including phenoxy) is 1. The van der Waals surface area contributed by atoms with E-state index in [0.29, 0.717) is 0 Å². The number of carboxylic acid groups (broad SMARTS) is 1. The highest BCUT2D eigenvalue weighted by molar-refractivity contribution is 7.99. The van der Waals surface area contributed by atoms with Gasteiger partial charge in [-0.1, -0.05) is 0 Å². The molecule has 0 rings (SSSR count). The number of rotatable bonds is 12. The Bertz CT molecular complexity index is 678. The van der Waals surface area contributed by atoms with Crippen molar-refractivity contribution in [2.75, 3.05) is 11.5 Å². The van der Waals surface area contributed by atoms with Gasteiger partial charge in [-0.25, -0.2) is 0 Å². The highest BCUT2D eigenvalue weighted by Gasteiger charge is 2.90. The molecule has 0 radical (unpaired) electrons. The molecule has 0 saturated carbocycles. The number of carbonyl (C=O) groups is 2. The van der Waals surface area contributed by atoms with Crippen LogP contribution in [0.4, 0.5) is 57.1 Å². The summed E-state index contributed by atoms with van der Waals surface area (Å²) >= 11 is 0.150. The molecule has 1 atom stereocenters. The third kappa shape index (κ3) is 5.84. The molecule has 0 N–H and O–H groups in total. The number of aliphatic carboxylic acids is 1. The summed E-state index contributed by atoms with van der Waals surface area (Å²) in [6, 6.07) is 0. The molecule has 0 amide bonds. The zero-order chi connectivity index (χ0) is 26.0. The Kier molecular flexibility index (Phi) is 9.21. The van der Waals surface area contributed by atoms with Gasteiger partial charge in [0.25, 0.3) is 0 Å². The Morgan fingerprint density at radius 3 is 1.62 bits per heavy atom. The van der Waals surface area contributed by atoms with Gasteiger partial charge in [0.2, 0.25) is 0 Å². The largest absolute Gasteiger partial charge is 0.546 e. The minimum absolute atomic E-state index is 0.150. The molecule has 4 nitrogen and oxygen atoms in total. The van der Waals surface area contributed by atoms with Gasteiger partial charge < -0.3 is 14.6 Å². The molecule has 32 heavy (non-hydrogen) atoms. The van der Waals surface area contributed by atoms with Crippen LogP contribution in [0.3, 0.4) is 0 Å². The topological polar surface area (TPSA) is 66.4 Å². The van der Waals surface area contributed by atoms with Crippen LogP contribution in [0, 0.1) is 0 Å². The highest BCUT2D eigenvalue weighted by atomic mass is 32.2. The van der Waals surface area contributed by atoms with Crippen molar-refractivity contribution in [3.05, 3.63) is 0 Å². The molecule has 0 aliphatic carbocycles. The summed E-state index contributed by atoms with van der Waals surface area (Å²) in [5.74, 6) is -42.0. The number of hydrogen-bond acceptors (Lipinski definition) is 5. The Morgan fingerprint density at radius 2 is 1.22 bits per heavy atom. The summed E-state index contributed by atoms with van der Waals surface area (Å²) < 4.78 is 172. The zero-order valence-electron chi connectivity index (χ0n) is 15.4. The summed E-state index contributed by atoms with van der Waals surface area (Å²) in [7, 11) is 0. The van der Waals surface area contributed by atoms with Gasteiger partial charge in [0.1, 0.15) is 6.10 Å². The number of thioether (sulfide) groups is 1. The zero-order valence-corrected chi connectivity index (χ0v) is 16.2. The van der Waals surface area contributed by atoms with E-state index in [9.17, 15) is 71.8 Å². The molecule has 0 aliphatic rings. The van der Waals surface area contributed by atoms with Crippen molar-refractivity contribution >= 4 is 23.7 Å². The van der Waals surface area contributed by atoms with Crippen LogP contribution in [0.25, 0.3) is 0 Å². The van der Waals surface area contributed by atoms with Crippen LogP contribution >= 0.6 is 11.8 Å². The molecule has 1 unspecified atom stereocenters. The van der Waals surface area contributed by atoms with Crippen molar-refractivity contribution in [1.29, 1.82) is 0 Å². The first-order chi connectivity index (χ1) is 14.0. The molecule has 0 aromatic rings. The van der Waals surface area contributed by atoms with Gasteiger partial charge >= 0.3 is 41.8 Å². The molecule has 0 fully saturated rings. The quantitative estimate of drug-likeness (QED) is 0.221. The van der Waals surface area contributed by atoms with E-state index >= 15 is 0 Å². The van der Waals surface area contributed by atoms with Gasteiger partial charge in [-0.3, -0.25) is 4.79 Å². The predicted octanol–water partition coefficient (Wildman–Crippen LogP) is 3.92. The minimum atomic E-state index is -7.95. The van der Waals surface area contributed by atoms with Gasteiger partial charge in [-0.2, -0.15) is 68.8 Å². The van der Waals surface area contributed by atoms with E-state index in [4.69, 9.17) is 0 Å². The summed E-state index contributed by atoms with van der Waals surface area (Å²) in [4.78, 5) is 21.5. The molecular formula is C14H12F13O4S-. The maximum Gasteiger partial charge on any atom is 0.460 e. The van der Waals surface area contributed by atoms with E-state index in [0.717, 1.165) is 6.92 Å². The van der Waals surface area contributed by atoms with E-state index in [1.807, 2.05) is 0 Å². The summed E-state index contributed by atoms with van der Waals surface area (Å²) in [5, 5.41) is 10.3. The molecule has 190 valence electrons. The van der Waals surface area contributed by atoms with Crippen LogP contribution in [-0.4, -0.2) is 65.3 Å². The van der Waals surface area contributed by atoms with Crippen molar-refractivity contribution in [3.63, 3.8) is 0 Å². The van der Waals surface area contributed by atoms with Gasteiger partial charge in [0.15, 0.2) is 0 Å². The van der Waals surface area contributed by atoms with Crippen LogP contribution in [-0.2, 0) is 14.3 Å².